The summed E-state index contributed by atoms with van der Waals surface area (Å²) in [6, 6.07) is 5.15. The molecule has 0 radical (unpaired) electrons. The molecule has 0 spiro atoms. The van der Waals surface area contributed by atoms with Gasteiger partial charge in [-0.3, -0.25) is 4.79 Å². The van der Waals surface area contributed by atoms with E-state index in [9.17, 15) is 4.79 Å². The summed E-state index contributed by atoms with van der Waals surface area (Å²) in [6.07, 6.45) is 5.24. The van der Waals surface area contributed by atoms with Gasteiger partial charge in [0.2, 0.25) is 0 Å². The zero-order valence-electron chi connectivity index (χ0n) is 10.6. The number of hydrogen-bond acceptors (Lipinski definition) is 3. The van der Waals surface area contributed by atoms with Crippen LogP contribution in [0.25, 0.3) is 0 Å². The summed E-state index contributed by atoms with van der Waals surface area (Å²) in [5.74, 6) is 0.693. The van der Waals surface area contributed by atoms with Crippen LogP contribution >= 0.6 is 22.9 Å². The number of ketones is 1. The van der Waals surface area contributed by atoms with E-state index < -0.39 is 0 Å². The highest BCUT2D eigenvalue weighted by molar-refractivity contribution is 7.16. The predicted octanol–water partition coefficient (Wildman–Crippen LogP) is 3.39. The Labute approximate surface area is 117 Å². The number of piperidine rings is 1. The highest BCUT2D eigenvalue weighted by atomic mass is 35.5. The number of Topliss-reactive ketones (excluding diaryl/α,β-unsaturated/α-hetero) is 1. The lowest BCUT2D eigenvalue weighted by atomic mass is 9.86. The highest BCUT2D eigenvalue weighted by Gasteiger charge is 2.40. The molecule has 2 nitrogen and oxygen atoms in total. The fraction of sp³-hybridized carbons (Fsp3) is 0.643. The molecule has 2 unspecified atom stereocenters. The monoisotopic (exact) mass is 283 g/mol. The summed E-state index contributed by atoms with van der Waals surface area (Å²) in [5, 5.41) is 0. The molecule has 98 valence electrons. The van der Waals surface area contributed by atoms with Crippen LogP contribution in [0.15, 0.2) is 12.1 Å². The van der Waals surface area contributed by atoms with Gasteiger partial charge in [0.05, 0.1) is 4.34 Å². The van der Waals surface area contributed by atoms with E-state index in [0.717, 1.165) is 22.1 Å². The summed E-state index contributed by atoms with van der Waals surface area (Å²) in [5.41, 5.74) is 0. The van der Waals surface area contributed by atoms with E-state index in [1.54, 1.807) is 0 Å². The van der Waals surface area contributed by atoms with Gasteiger partial charge in [-0.2, -0.15) is 0 Å². The van der Waals surface area contributed by atoms with E-state index in [-0.39, 0.29) is 5.92 Å². The topological polar surface area (TPSA) is 20.3 Å². The maximum Gasteiger partial charge on any atom is 0.141 e. The molecule has 0 aliphatic carbocycles. The fourth-order valence-electron chi connectivity index (χ4n) is 3.44. The Bertz CT molecular complexity index is 444. The fourth-order valence-corrected chi connectivity index (χ4v) is 4.53. The molecule has 0 saturated carbocycles. The van der Waals surface area contributed by atoms with Crippen LogP contribution in [-0.2, 0) is 11.2 Å². The first-order valence-corrected chi connectivity index (χ1v) is 7.82. The molecule has 2 atom stereocenters. The standard InChI is InChI=1S/C14H18ClNOS/c1-16-10-2-3-11(16)7-9(6-10)13(17)8-12-4-5-14(15)18-12/h4-5,9-11H,2-3,6-8H2,1H3. The Morgan fingerprint density at radius 3 is 2.61 bits per heavy atom. The number of rotatable bonds is 3. The van der Waals surface area contributed by atoms with Gasteiger partial charge in [-0.05, 0) is 44.9 Å². The molecule has 2 bridgehead atoms. The van der Waals surface area contributed by atoms with Crippen LogP contribution in [0.3, 0.4) is 0 Å². The van der Waals surface area contributed by atoms with Crippen molar-refractivity contribution in [1.82, 2.24) is 4.90 Å². The van der Waals surface area contributed by atoms with Crippen molar-refractivity contribution in [1.29, 1.82) is 0 Å². The number of halogens is 1. The van der Waals surface area contributed by atoms with Crippen molar-refractivity contribution in [3.05, 3.63) is 21.3 Å². The smallest absolute Gasteiger partial charge is 0.141 e. The molecule has 2 fully saturated rings. The predicted molar refractivity (Wildman–Crippen MR) is 75.3 cm³/mol. The average Bonchev–Trinajstić information content (AvgIpc) is 2.80. The average molecular weight is 284 g/mol. The Morgan fingerprint density at radius 2 is 2.06 bits per heavy atom. The molecule has 18 heavy (non-hydrogen) atoms. The van der Waals surface area contributed by atoms with Crippen LogP contribution in [0, 0.1) is 5.92 Å². The zero-order valence-corrected chi connectivity index (χ0v) is 12.1. The van der Waals surface area contributed by atoms with Crippen LogP contribution in [0.1, 0.15) is 30.6 Å². The molecule has 3 heterocycles. The Balaban J connectivity index is 1.64. The highest BCUT2D eigenvalue weighted by Crippen LogP contribution is 2.38. The van der Waals surface area contributed by atoms with E-state index in [1.165, 1.54) is 24.2 Å². The maximum atomic E-state index is 12.3. The summed E-state index contributed by atoms with van der Waals surface area (Å²) in [6.45, 7) is 0. The van der Waals surface area contributed by atoms with Crippen molar-refractivity contribution in [3.63, 3.8) is 0 Å². The number of hydrogen-bond donors (Lipinski definition) is 0. The minimum Gasteiger partial charge on any atom is -0.300 e. The molecule has 3 rings (SSSR count). The van der Waals surface area contributed by atoms with Gasteiger partial charge in [0.15, 0.2) is 0 Å². The van der Waals surface area contributed by atoms with Crippen molar-refractivity contribution >= 4 is 28.7 Å². The molecular formula is C14H18ClNOS. The van der Waals surface area contributed by atoms with Crippen molar-refractivity contribution in [3.8, 4) is 0 Å². The maximum absolute atomic E-state index is 12.3. The third kappa shape index (κ3) is 2.36. The van der Waals surface area contributed by atoms with Gasteiger partial charge in [0.25, 0.3) is 0 Å². The van der Waals surface area contributed by atoms with Gasteiger partial charge in [0.1, 0.15) is 5.78 Å². The molecule has 0 aromatic carbocycles. The lowest BCUT2D eigenvalue weighted by molar-refractivity contribution is -0.124. The summed E-state index contributed by atoms with van der Waals surface area (Å²) in [4.78, 5) is 15.9. The Kier molecular flexibility index (Phi) is 3.48. The largest absolute Gasteiger partial charge is 0.300 e. The van der Waals surface area contributed by atoms with E-state index in [4.69, 9.17) is 11.6 Å². The van der Waals surface area contributed by atoms with E-state index in [1.807, 2.05) is 12.1 Å². The van der Waals surface area contributed by atoms with Crippen LogP contribution in [0.4, 0.5) is 0 Å². The SMILES string of the molecule is CN1C2CCC1CC(C(=O)Cc1ccc(Cl)s1)C2. The van der Waals surface area contributed by atoms with Crippen molar-refractivity contribution < 1.29 is 4.79 Å². The quantitative estimate of drug-likeness (QED) is 0.847. The molecule has 2 aliphatic rings. The Hall–Kier alpha value is -0.380. The normalized spacial score (nSPS) is 31.8. The molecule has 1 aromatic rings. The van der Waals surface area contributed by atoms with E-state index in [0.29, 0.717) is 24.3 Å². The first-order chi connectivity index (χ1) is 8.63. The van der Waals surface area contributed by atoms with E-state index in [2.05, 4.69) is 11.9 Å². The number of thiophene rings is 1. The lowest BCUT2D eigenvalue weighted by Crippen LogP contribution is -2.42. The third-order valence-corrected chi connectivity index (χ3v) is 5.76. The summed E-state index contributed by atoms with van der Waals surface area (Å²) >= 11 is 7.44. The second-order valence-electron chi connectivity index (χ2n) is 5.57. The minimum atomic E-state index is 0.277. The number of nitrogens with zero attached hydrogens (tertiary/aromatic N) is 1. The van der Waals surface area contributed by atoms with Gasteiger partial charge in [-0.15, -0.1) is 11.3 Å². The van der Waals surface area contributed by atoms with Crippen molar-refractivity contribution in [2.75, 3.05) is 7.05 Å². The number of carbonyl (C=O) groups excluding carboxylic acids is 1. The number of carbonyl (C=O) groups is 1. The zero-order chi connectivity index (χ0) is 12.7. The first-order valence-electron chi connectivity index (χ1n) is 6.62. The van der Waals surface area contributed by atoms with Gasteiger partial charge < -0.3 is 4.90 Å². The first kappa shape index (κ1) is 12.6. The molecule has 2 aliphatic heterocycles. The van der Waals surface area contributed by atoms with Gasteiger partial charge >= 0.3 is 0 Å². The molecule has 0 amide bonds. The summed E-state index contributed by atoms with van der Waals surface area (Å²) in [7, 11) is 2.21. The molecular weight excluding hydrogens is 266 g/mol. The molecule has 2 saturated heterocycles. The second kappa shape index (κ2) is 4.95. The van der Waals surface area contributed by atoms with Gasteiger partial charge in [-0.1, -0.05) is 11.6 Å². The third-order valence-electron chi connectivity index (χ3n) is 4.53. The molecule has 1 aromatic heterocycles. The van der Waals surface area contributed by atoms with Crippen LogP contribution < -0.4 is 0 Å². The second-order valence-corrected chi connectivity index (χ2v) is 7.37. The van der Waals surface area contributed by atoms with Gasteiger partial charge in [0, 0.05) is 29.3 Å². The summed E-state index contributed by atoms with van der Waals surface area (Å²) < 4.78 is 0.779. The number of fused-ring (bicyclic) bond motifs is 2. The lowest BCUT2D eigenvalue weighted by Gasteiger charge is -2.35. The molecule has 4 heteroatoms. The van der Waals surface area contributed by atoms with Crippen LogP contribution in [0.2, 0.25) is 4.34 Å². The van der Waals surface area contributed by atoms with Crippen molar-refractivity contribution in [2.45, 2.75) is 44.2 Å². The van der Waals surface area contributed by atoms with E-state index >= 15 is 0 Å². The molecule has 0 N–H and O–H groups in total. The Morgan fingerprint density at radius 1 is 1.39 bits per heavy atom. The minimum absolute atomic E-state index is 0.277. The van der Waals surface area contributed by atoms with Gasteiger partial charge in [-0.25, -0.2) is 0 Å². The van der Waals surface area contributed by atoms with Crippen LogP contribution in [-0.4, -0.2) is 29.8 Å². The van der Waals surface area contributed by atoms with Crippen molar-refractivity contribution in [2.24, 2.45) is 5.92 Å². The van der Waals surface area contributed by atoms with Crippen LogP contribution in [0.5, 0.6) is 0 Å².